The fourth-order valence-electron chi connectivity index (χ4n) is 1.82. The fraction of sp³-hybridized carbons (Fsp3) is 0.308. The first-order valence-electron chi connectivity index (χ1n) is 5.35. The van der Waals surface area contributed by atoms with Gasteiger partial charge in [0.2, 0.25) is 0 Å². The molecule has 2 aromatic rings. The van der Waals surface area contributed by atoms with Crippen LogP contribution in [-0.4, -0.2) is 12.0 Å². The van der Waals surface area contributed by atoms with Gasteiger partial charge >= 0.3 is 0 Å². The summed E-state index contributed by atoms with van der Waals surface area (Å²) in [6.45, 7) is 4.16. The van der Waals surface area contributed by atoms with E-state index >= 15 is 0 Å². The Hall–Kier alpha value is -1.19. The highest BCUT2D eigenvalue weighted by Crippen LogP contribution is 2.26. The lowest BCUT2D eigenvalue weighted by molar-refractivity contribution is 0.687. The predicted molar refractivity (Wildman–Crippen MR) is 68.9 cm³/mol. The van der Waals surface area contributed by atoms with Crippen LogP contribution in [0.5, 0.6) is 0 Å². The van der Waals surface area contributed by atoms with E-state index in [0.29, 0.717) is 0 Å². The molecule has 0 aliphatic carbocycles. The lowest BCUT2D eigenvalue weighted by Gasteiger charge is -2.16. The Bertz CT molecular complexity index is 459. The Kier molecular flexibility index (Phi) is 3.36. The van der Waals surface area contributed by atoms with E-state index in [2.05, 4.69) is 40.1 Å². The molecule has 3 heteroatoms. The molecule has 0 fully saturated rings. The molecule has 0 spiro atoms. The molecule has 0 aliphatic rings. The van der Waals surface area contributed by atoms with Crippen LogP contribution >= 0.6 is 11.3 Å². The first-order chi connectivity index (χ1) is 7.72. The number of hydrogen-bond donors (Lipinski definition) is 1. The molecule has 0 radical (unpaired) electrons. The highest BCUT2D eigenvalue weighted by Gasteiger charge is 2.14. The number of aryl methyl sites for hydroxylation is 2. The summed E-state index contributed by atoms with van der Waals surface area (Å²) in [7, 11) is 1.99. The summed E-state index contributed by atoms with van der Waals surface area (Å²) in [5.41, 5.74) is 4.96. The van der Waals surface area contributed by atoms with Gasteiger partial charge < -0.3 is 5.32 Å². The van der Waals surface area contributed by atoms with Crippen molar-refractivity contribution in [3.05, 3.63) is 51.5 Å². The van der Waals surface area contributed by atoms with Crippen LogP contribution in [0.1, 0.15) is 28.4 Å². The molecule has 0 aliphatic heterocycles. The fourth-order valence-corrected chi connectivity index (χ4v) is 2.69. The van der Waals surface area contributed by atoms with Crippen LogP contribution in [0.15, 0.2) is 29.1 Å². The van der Waals surface area contributed by atoms with Crippen LogP contribution in [0.25, 0.3) is 0 Å². The molecule has 1 unspecified atom stereocenters. The van der Waals surface area contributed by atoms with E-state index in [0.717, 1.165) is 5.69 Å². The Morgan fingerprint density at radius 1 is 1.25 bits per heavy atom. The molecule has 0 amide bonds. The topological polar surface area (TPSA) is 24.9 Å². The lowest BCUT2D eigenvalue weighted by Crippen LogP contribution is -2.18. The quantitative estimate of drug-likeness (QED) is 0.879. The monoisotopic (exact) mass is 232 g/mol. The zero-order valence-corrected chi connectivity index (χ0v) is 10.6. The van der Waals surface area contributed by atoms with Crippen molar-refractivity contribution in [1.82, 2.24) is 10.3 Å². The molecule has 0 aromatic carbocycles. The third kappa shape index (κ3) is 2.15. The average molecular weight is 232 g/mol. The minimum Gasteiger partial charge on any atom is -0.309 e. The molecule has 0 saturated heterocycles. The number of hydrogen-bond acceptors (Lipinski definition) is 3. The van der Waals surface area contributed by atoms with Gasteiger partial charge in [-0.15, -0.1) is 0 Å². The van der Waals surface area contributed by atoms with Crippen molar-refractivity contribution in [2.24, 2.45) is 0 Å². The Morgan fingerprint density at radius 2 is 2.06 bits per heavy atom. The number of thiophene rings is 1. The van der Waals surface area contributed by atoms with Crippen molar-refractivity contribution in [3.63, 3.8) is 0 Å². The maximum atomic E-state index is 4.35. The number of rotatable bonds is 3. The highest BCUT2D eigenvalue weighted by atomic mass is 32.1. The Morgan fingerprint density at radius 3 is 2.56 bits per heavy atom. The second-order valence-corrected chi connectivity index (χ2v) is 4.71. The van der Waals surface area contributed by atoms with E-state index in [-0.39, 0.29) is 6.04 Å². The Labute approximate surface area is 100 Å². The van der Waals surface area contributed by atoms with Crippen LogP contribution in [0.2, 0.25) is 0 Å². The maximum Gasteiger partial charge on any atom is 0.0600 e. The lowest BCUT2D eigenvalue weighted by atomic mass is 10.00. The van der Waals surface area contributed by atoms with Gasteiger partial charge in [0.25, 0.3) is 0 Å². The minimum absolute atomic E-state index is 0.249. The van der Waals surface area contributed by atoms with Crippen molar-refractivity contribution in [3.8, 4) is 0 Å². The molecule has 84 valence electrons. The SMILES string of the molecule is CNC(c1ccc(C)nc1)c1cscc1C. The highest BCUT2D eigenvalue weighted by molar-refractivity contribution is 7.08. The summed E-state index contributed by atoms with van der Waals surface area (Å²) in [5.74, 6) is 0. The standard InChI is InChI=1S/C13H16N2S/c1-9-7-16-8-12(9)13(14-3)11-5-4-10(2)15-6-11/h4-8,13-14H,1-3H3. The van der Waals surface area contributed by atoms with Crippen LogP contribution in [0, 0.1) is 13.8 Å². The predicted octanol–water partition coefficient (Wildman–Crippen LogP) is 3.07. The molecular formula is C13H16N2S. The van der Waals surface area contributed by atoms with Gasteiger partial charge in [-0.05, 0) is 54.4 Å². The van der Waals surface area contributed by atoms with Gasteiger partial charge in [-0.1, -0.05) is 6.07 Å². The minimum atomic E-state index is 0.249. The van der Waals surface area contributed by atoms with E-state index in [4.69, 9.17) is 0 Å². The third-order valence-electron chi connectivity index (χ3n) is 2.76. The van der Waals surface area contributed by atoms with Gasteiger partial charge in [-0.2, -0.15) is 11.3 Å². The molecule has 1 N–H and O–H groups in total. The molecular weight excluding hydrogens is 216 g/mol. The largest absolute Gasteiger partial charge is 0.309 e. The summed E-state index contributed by atoms with van der Waals surface area (Å²) >= 11 is 1.75. The first-order valence-corrected chi connectivity index (χ1v) is 6.29. The number of pyridine rings is 1. The first kappa shape index (κ1) is 11.3. The average Bonchev–Trinajstić information content (AvgIpc) is 2.69. The summed E-state index contributed by atoms with van der Waals surface area (Å²) in [4.78, 5) is 4.35. The van der Waals surface area contributed by atoms with Gasteiger partial charge in [0.15, 0.2) is 0 Å². The molecule has 1 atom stereocenters. The van der Waals surface area contributed by atoms with Crippen molar-refractivity contribution in [2.75, 3.05) is 7.05 Å². The van der Waals surface area contributed by atoms with E-state index < -0.39 is 0 Å². The van der Waals surface area contributed by atoms with E-state index in [1.807, 2.05) is 20.2 Å². The summed E-state index contributed by atoms with van der Waals surface area (Å²) in [6, 6.07) is 4.45. The number of nitrogens with zero attached hydrogens (tertiary/aromatic N) is 1. The van der Waals surface area contributed by atoms with Crippen LogP contribution in [-0.2, 0) is 0 Å². The van der Waals surface area contributed by atoms with Gasteiger partial charge in [-0.3, -0.25) is 4.98 Å². The van der Waals surface area contributed by atoms with Gasteiger partial charge in [0, 0.05) is 11.9 Å². The maximum absolute atomic E-state index is 4.35. The van der Waals surface area contributed by atoms with Crippen LogP contribution < -0.4 is 5.32 Å². The van der Waals surface area contributed by atoms with Gasteiger partial charge in [0.1, 0.15) is 0 Å². The van der Waals surface area contributed by atoms with Crippen molar-refractivity contribution < 1.29 is 0 Å². The zero-order valence-electron chi connectivity index (χ0n) is 9.82. The molecule has 2 heterocycles. The molecule has 0 saturated carbocycles. The van der Waals surface area contributed by atoms with E-state index in [1.54, 1.807) is 11.3 Å². The summed E-state index contributed by atoms with van der Waals surface area (Å²) < 4.78 is 0. The van der Waals surface area contributed by atoms with Crippen LogP contribution in [0.4, 0.5) is 0 Å². The molecule has 16 heavy (non-hydrogen) atoms. The molecule has 2 aromatic heterocycles. The van der Waals surface area contributed by atoms with E-state index in [9.17, 15) is 0 Å². The van der Waals surface area contributed by atoms with Crippen LogP contribution in [0.3, 0.4) is 0 Å². The second kappa shape index (κ2) is 4.76. The number of nitrogens with one attached hydrogen (secondary N) is 1. The second-order valence-electron chi connectivity index (χ2n) is 3.96. The van der Waals surface area contributed by atoms with Gasteiger partial charge in [-0.25, -0.2) is 0 Å². The molecule has 0 bridgehead atoms. The normalized spacial score (nSPS) is 12.7. The summed E-state index contributed by atoms with van der Waals surface area (Å²) in [5, 5.41) is 7.73. The Balaban J connectivity index is 2.37. The molecule has 2 rings (SSSR count). The summed E-state index contributed by atoms with van der Waals surface area (Å²) in [6.07, 6.45) is 1.95. The smallest absolute Gasteiger partial charge is 0.0600 e. The van der Waals surface area contributed by atoms with Crippen molar-refractivity contribution in [1.29, 1.82) is 0 Å². The van der Waals surface area contributed by atoms with Crippen molar-refractivity contribution in [2.45, 2.75) is 19.9 Å². The zero-order chi connectivity index (χ0) is 11.5. The third-order valence-corrected chi connectivity index (χ3v) is 3.64. The van der Waals surface area contributed by atoms with E-state index in [1.165, 1.54) is 16.7 Å². The number of aromatic nitrogens is 1. The van der Waals surface area contributed by atoms with Crippen molar-refractivity contribution >= 4 is 11.3 Å². The molecule has 2 nitrogen and oxygen atoms in total. The van der Waals surface area contributed by atoms with Gasteiger partial charge in [0.05, 0.1) is 6.04 Å².